The second-order valence-corrected chi connectivity index (χ2v) is 6.40. The van der Waals surface area contributed by atoms with E-state index in [1.807, 2.05) is 16.5 Å². The smallest absolute Gasteiger partial charge is 0.251 e. The monoisotopic (exact) mass is 326 g/mol. The first-order valence-corrected chi connectivity index (χ1v) is 8.32. The summed E-state index contributed by atoms with van der Waals surface area (Å²) in [5, 5.41) is 0.653. The molecule has 0 radical (unpaired) electrons. The Morgan fingerprint density at radius 2 is 2.23 bits per heavy atom. The highest BCUT2D eigenvalue weighted by Crippen LogP contribution is 2.17. The Labute approximate surface area is 136 Å². The summed E-state index contributed by atoms with van der Waals surface area (Å²) >= 11 is 6.03. The van der Waals surface area contributed by atoms with Gasteiger partial charge >= 0.3 is 0 Å². The van der Waals surface area contributed by atoms with Crippen molar-refractivity contribution in [3.63, 3.8) is 0 Å². The summed E-state index contributed by atoms with van der Waals surface area (Å²) in [6.07, 6.45) is 4.32. The standard InChI is InChI=1S/C15H23ClN4O2/c1-18-13(16)10-17-14(18)11-19-5-3-6-20(8-7-19)15(21)12-4-2-9-22-12/h10,12H,2-9,11H2,1H3. The minimum Gasteiger partial charge on any atom is -0.368 e. The highest BCUT2D eigenvalue weighted by atomic mass is 35.5. The first-order chi connectivity index (χ1) is 10.6. The van der Waals surface area contributed by atoms with Crippen molar-refractivity contribution in [2.45, 2.75) is 31.9 Å². The number of nitrogens with zero attached hydrogens (tertiary/aromatic N) is 4. The lowest BCUT2D eigenvalue weighted by atomic mass is 10.2. The van der Waals surface area contributed by atoms with E-state index in [1.54, 1.807) is 6.20 Å². The maximum absolute atomic E-state index is 12.4. The Morgan fingerprint density at radius 1 is 1.36 bits per heavy atom. The van der Waals surface area contributed by atoms with E-state index in [9.17, 15) is 4.79 Å². The SMILES string of the molecule is Cn1c(Cl)cnc1CN1CCCN(C(=O)C2CCCO2)CC1. The normalized spacial score (nSPS) is 23.7. The fraction of sp³-hybridized carbons (Fsp3) is 0.733. The van der Waals surface area contributed by atoms with Crippen LogP contribution in [-0.2, 0) is 23.1 Å². The fourth-order valence-corrected chi connectivity index (χ4v) is 3.24. The van der Waals surface area contributed by atoms with Crippen LogP contribution in [0.15, 0.2) is 6.20 Å². The molecule has 0 bridgehead atoms. The molecule has 2 aliphatic heterocycles. The minimum absolute atomic E-state index is 0.166. The Morgan fingerprint density at radius 3 is 2.91 bits per heavy atom. The highest BCUT2D eigenvalue weighted by molar-refractivity contribution is 6.29. The Bertz CT molecular complexity index is 528. The number of hydrogen-bond donors (Lipinski definition) is 0. The predicted octanol–water partition coefficient (Wildman–Crippen LogP) is 1.29. The van der Waals surface area contributed by atoms with E-state index in [-0.39, 0.29) is 12.0 Å². The molecular weight excluding hydrogens is 304 g/mol. The minimum atomic E-state index is -0.208. The number of carbonyl (C=O) groups excluding carboxylic acids is 1. The number of aromatic nitrogens is 2. The van der Waals surface area contributed by atoms with Crippen molar-refractivity contribution in [2.75, 3.05) is 32.8 Å². The number of amides is 1. The second kappa shape index (κ2) is 6.98. The Hall–Kier alpha value is -1.11. The molecule has 1 atom stereocenters. The summed E-state index contributed by atoms with van der Waals surface area (Å²) < 4.78 is 7.42. The molecule has 3 heterocycles. The third-order valence-corrected chi connectivity index (χ3v) is 4.85. The predicted molar refractivity (Wildman–Crippen MR) is 83.7 cm³/mol. The van der Waals surface area contributed by atoms with Gasteiger partial charge in [-0.15, -0.1) is 0 Å². The molecule has 0 N–H and O–H groups in total. The van der Waals surface area contributed by atoms with Crippen LogP contribution in [0.4, 0.5) is 0 Å². The maximum Gasteiger partial charge on any atom is 0.251 e. The molecule has 22 heavy (non-hydrogen) atoms. The molecule has 1 aromatic rings. The van der Waals surface area contributed by atoms with Gasteiger partial charge in [0.25, 0.3) is 5.91 Å². The third-order valence-electron chi connectivity index (χ3n) is 4.50. The summed E-state index contributed by atoms with van der Waals surface area (Å²) in [7, 11) is 1.93. The van der Waals surface area contributed by atoms with E-state index in [2.05, 4.69) is 9.88 Å². The molecular formula is C15H23ClN4O2. The van der Waals surface area contributed by atoms with E-state index in [1.165, 1.54) is 0 Å². The molecule has 2 saturated heterocycles. The molecule has 0 spiro atoms. The molecule has 0 aliphatic carbocycles. The maximum atomic E-state index is 12.4. The molecule has 0 aromatic carbocycles. The number of ether oxygens (including phenoxy) is 1. The van der Waals surface area contributed by atoms with Gasteiger partial charge in [-0.3, -0.25) is 9.69 Å². The van der Waals surface area contributed by atoms with Gasteiger partial charge in [0.2, 0.25) is 0 Å². The van der Waals surface area contributed by atoms with Crippen LogP contribution in [0.25, 0.3) is 0 Å². The number of imidazole rings is 1. The largest absolute Gasteiger partial charge is 0.368 e. The Balaban J connectivity index is 1.55. The number of rotatable bonds is 3. The molecule has 1 aromatic heterocycles. The zero-order chi connectivity index (χ0) is 15.5. The number of carbonyl (C=O) groups is 1. The van der Waals surface area contributed by atoms with Gasteiger partial charge in [-0.25, -0.2) is 4.98 Å². The van der Waals surface area contributed by atoms with Gasteiger partial charge in [-0.05, 0) is 19.3 Å². The first-order valence-electron chi connectivity index (χ1n) is 7.94. The van der Waals surface area contributed by atoms with Crippen molar-refractivity contribution in [1.29, 1.82) is 0 Å². The van der Waals surface area contributed by atoms with Crippen LogP contribution in [0.3, 0.4) is 0 Å². The van der Waals surface area contributed by atoms with Crippen molar-refractivity contribution >= 4 is 17.5 Å². The van der Waals surface area contributed by atoms with Crippen molar-refractivity contribution in [3.8, 4) is 0 Å². The van der Waals surface area contributed by atoms with Gasteiger partial charge in [0.1, 0.15) is 17.1 Å². The van der Waals surface area contributed by atoms with Crippen LogP contribution < -0.4 is 0 Å². The lowest BCUT2D eigenvalue weighted by Gasteiger charge is -2.24. The average molecular weight is 327 g/mol. The molecule has 1 unspecified atom stereocenters. The lowest BCUT2D eigenvalue weighted by Crippen LogP contribution is -2.41. The molecule has 0 saturated carbocycles. The van der Waals surface area contributed by atoms with Crippen LogP contribution >= 0.6 is 11.6 Å². The fourth-order valence-electron chi connectivity index (χ4n) is 3.10. The number of halogens is 1. The third kappa shape index (κ3) is 3.45. The molecule has 7 heteroatoms. The van der Waals surface area contributed by atoms with Crippen molar-refractivity contribution in [1.82, 2.24) is 19.4 Å². The van der Waals surface area contributed by atoms with E-state index in [4.69, 9.17) is 16.3 Å². The van der Waals surface area contributed by atoms with Gasteiger partial charge in [0.05, 0.1) is 12.7 Å². The van der Waals surface area contributed by atoms with E-state index in [0.29, 0.717) is 5.15 Å². The molecule has 2 aliphatic rings. The quantitative estimate of drug-likeness (QED) is 0.840. The molecule has 122 valence electrons. The van der Waals surface area contributed by atoms with E-state index >= 15 is 0 Å². The summed E-state index contributed by atoms with van der Waals surface area (Å²) in [6.45, 7) is 4.90. The first kappa shape index (κ1) is 15.8. The molecule has 6 nitrogen and oxygen atoms in total. The van der Waals surface area contributed by atoms with Gasteiger partial charge in [0.15, 0.2) is 0 Å². The topological polar surface area (TPSA) is 50.6 Å². The summed E-state index contributed by atoms with van der Waals surface area (Å²) in [4.78, 5) is 21.1. The summed E-state index contributed by atoms with van der Waals surface area (Å²) in [6, 6.07) is 0. The molecule has 2 fully saturated rings. The molecule has 3 rings (SSSR count). The number of hydrogen-bond acceptors (Lipinski definition) is 4. The van der Waals surface area contributed by atoms with Crippen LogP contribution in [0.5, 0.6) is 0 Å². The van der Waals surface area contributed by atoms with Crippen molar-refractivity contribution in [3.05, 3.63) is 17.2 Å². The summed E-state index contributed by atoms with van der Waals surface area (Å²) in [5.74, 6) is 1.13. The van der Waals surface area contributed by atoms with Crippen LogP contribution in [0, 0.1) is 0 Å². The Kier molecular flexibility index (Phi) is 5.00. The second-order valence-electron chi connectivity index (χ2n) is 6.01. The highest BCUT2D eigenvalue weighted by Gasteiger charge is 2.29. The van der Waals surface area contributed by atoms with Crippen molar-refractivity contribution < 1.29 is 9.53 Å². The van der Waals surface area contributed by atoms with Gasteiger partial charge in [-0.1, -0.05) is 11.6 Å². The van der Waals surface area contributed by atoms with Gasteiger partial charge < -0.3 is 14.2 Å². The zero-order valence-electron chi connectivity index (χ0n) is 13.0. The van der Waals surface area contributed by atoms with Gasteiger partial charge in [-0.2, -0.15) is 0 Å². The zero-order valence-corrected chi connectivity index (χ0v) is 13.8. The van der Waals surface area contributed by atoms with E-state index in [0.717, 1.165) is 64.4 Å². The average Bonchev–Trinajstić information content (AvgIpc) is 3.08. The van der Waals surface area contributed by atoms with Crippen LogP contribution in [0.2, 0.25) is 5.15 Å². The summed E-state index contributed by atoms with van der Waals surface area (Å²) in [5.41, 5.74) is 0. The van der Waals surface area contributed by atoms with Crippen molar-refractivity contribution in [2.24, 2.45) is 7.05 Å². The van der Waals surface area contributed by atoms with Crippen LogP contribution in [-0.4, -0.2) is 64.1 Å². The van der Waals surface area contributed by atoms with Crippen LogP contribution in [0.1, 0.15) is 25.1 Å². The van der Waals surface area contributed by atoms with E-state index < -0.39 is 0 Å². The van der Waals surface area contributed by atoms with Gasteiger partial charge in [0, 0.05) is 39.8 Å². The molecule has 1 amide bonds. The lowest BCUT2D eigenvalue weighted by molar-refractivity contribution is -0.140.